The Kier molecular flexibility index (Phi) is 5.67. The molecule has 0 fully saturated rings. The van der Waals surface area contributed by atoms with Crippen molar-refractivity contribution in [3.63, 3.8) is 0 Å². The van der Waals surface area contributed by atoms with E-state index >= 15 is 0 Å². The smallest absolute Gasteiger partial charge is 0.283 e. The number of aliphatic hydroxyl groups excluding tert-OH is 1. The van der Waals surface area contributed by atoms with Gasteiger partial charge in [0.15, 0.2) is 0 Å². The molecule has 2 aromatic rings. The first-order chi connectivity index (χ1) is 9.81. The molecule has 4 heteroatoms. The van der Waals surface area contributed by atoms with Crippen LogP contribution in [-0.2, 0) is 4.43 Å². The summed E-state index contributed by atoms with van der Waals surface area (Å²) in [5.74, 6) is -0.563. The Hall–Kier alpha value is -1.75. The highest BCUT2D eigenvalue weighted by atomic mass is 28.3. The number of hydrogen-bond acceptors (Lipinski definition) is 2. The molecule has 0 atom stereocenters. The normalized spacial score (nSPS) is 11.8. The van der Waals surface area contributed by atoms with E-state index in [0.29, 0.717) is 0 Å². The highest BCUT2D eigenvalue weighted by Crippen LogP contribution is 1.98. The fourth-order valence-corrected chi connectivity index (χ4v) is 3.70. The summed E-state index contributed by atoms with van der Waals surface area (Å²) in [5, 5.41) is 10.9. The molecule has 2 nitrogen and oxygen atoms in total. The van der Waals surface area contributed by atoms with Crippen LogP contribution < -0.4 is 10.4 Å². The Morgan fingerprint density at radius 2 is 1.50 bits per heavy atom. The van der Waals surface area contributed by atoms with Crippen molar-refractivity contribution in [3.8, 4) is 0 Å². The molecular weight excluding hydrogens is 271 g/mol. The summed E-state index contributed by atoms with van der Waals surface area (Å²) >= 11 is 0. The molecule has 0 unspecified atom stereocenters. The molecule has 0 aliphatic carbocycles. The predicted octanol–water partition coefficient (Wildman–Crippen LogP) is 1.65. The lowest BCUT2D eigenvalue weighted by molar-refractivity contribution is 0.293. The van der Waals surface area contributed by atoms with Crippen LogP contribution in [-0.4, -0.2) is 27.4 Å². The van der Waals surface area contributed by atoms with Gasteiger partial charge in [0, 0.05) is 0 Å². The molecule has 20 heavy (non-hydrogen) atoms. The van der Waals surface area contributed by atoms with E-state index in [9.17, 15) is 4.39 Å². The molecule has 0 bridgehead atoms. The van der Waals surface area contributed by atoms with Gasteiger partial charge in [0.25, 0.3) is 9.04 Å². The molecule has 0 amide bonds. The topological polar surface area (TPSA) is 29.5 Å². The molecule has 0 heterocycles. The Bertz CT molecular complexity index is 503. The van der Waals surface area contributed by atoms with Gasteiger partial charge in [-0.25, -0.2) is 4.39 Å². The van der Waals surface area contributed by atoms with E-state index in [4.69, 9.17) is 9.53 Å². The minimum atomic E-state index is -1.40. The fourth-order valence-electron chi connectivity index (χ4n) is 1.79. The van der Waals surface area contributed by atoms with Crippen molar-refractivity contribution in [1.29, 1.82) is 0 Å². The van der Waals surface area contributed by atoms with Gasteiger partial charge in [-0.15, -0.1) is 0 Å². The van der Waals surface area contributed by atoms with Crippen LogP contribution in [0.5, 0.6) is 0 Å². The van der Waals surface area contributed by atoms with Gasteiger partial charge in [-0.1, -0.05) is 60.7 Å². The van der Waals surface area contributed by atoms with Crippen LogP contribution in [0.1, 0.15) is 0 Å². The first-order valence-electron chi connectivity index (χ1n) is 6.37. The highest BCUT2D eigenvalue weighted by molar-refractivity contribution is 6.80. The third kappa shape index (κ3) is 4.13. The van der Waals surface area contributed by atoms with Gasteiger partial charge in [-0.2, -0.15) is 0 Å². The Labute approximate surface area is 119 Å². The summed E-state index contributed by atoms with van der Waals surface area (Å²) in [5.41, 5.74) is 0. The fraction of sp³-hybridized carbons (Fsp3) is 0.125. The first-order valence-corrected chi connectivity index (χ1v) is 7.78. The monoisotopic (exact) mass is 287 g/mol. The number of hydrogen-bond donors (Lipinski definition) is 1. The van der Waals surface area contributed by atoms with Crippen LogP contribution in [0.15, 0.2) is 72.6 Å². The van der Waals surface area contributed by atoms with E-state index in [2.05, 4.69) is 0 Å². The average molecular weight is 287 g/mol. The van der Waals surface area contributed by atoms with Crippen LogP contribution in [0.3, 0.4) is 0 Å². The van der Waals surface area contributed by atoms with E-state index in [1.165, 1.54) is 6.08 Å². The second kappa shape index (κ2) is 7.74. The zero-order valence-electron chi connectivity index (χ0n) is 11.0. The van der Waals surface area contributed by atoms with Gasteiger partial charge in [-0.3, -0.25) is 0 Å². The van der Waals surface area contributed by atoms with E-state index in [-0.39, 0.29) is 6.61 Å². The van der Waals surface area contributed by atoms with Crippen LogP contribution >= 0.6 is 0 Å². The van der Waals surface area contributed by atoms with E-state index < -0.39 is 21.5 Å². The molecular formula is C16H16FO2Si. The number of benzene rings is 2. The SMILES string of the molecule is OC/C(F)=C/CO[Si](c1ccccc1)c1ccccc1. The van der Waals surface area contributed by atoms with Crippen molar-refractivity contribution in [2.45, 2.75) is 0 Å². The predicted molar refractivity (Wildman–Crippen MR) is 80.1 cm³/mol. The second-order valence-corrected chi connectivity index (χ2v) is 6.28. The summed E-state index contributed by atoms with van der Waals surface area (Å²) in [4.78, 5) is 0. The van der Waals surface area contributed by atoms with Crippen molar-refractivity contribution in [3.05, 3.63) is 72.6 Å². The standard InChI is InChI=1S/C16H16FO2Si/c17-14(13-18)11-12-19-20(15-7-3-1-4-8-15)16-9-5-2-6-10-16/h1-11,18H,12-13H2/b14-11-. The summed E-state index contributed by atoms with van der Waals surface area (Å²) in [6.07, 6.45) is 1.27. The Morgan fingerprint density at radius 1 is 1.00 bits per heavy atom. The van der Waals surface area contributed by atoms with Crippen molar-refractivity contribution in [2.75, 3.05) is 13.2 Å². The lowest BCUT2D eigenvalue weighted by Crippen LogP contribution is -2.44. The van der Waals surface area contributed by atoms with E-state index in [1.54, 1.807) is 0 Å². The molecule has 2 aromatic carbocycles. The molecule has 0 aromatic heterocycles. The molecule has 0 spiro atoms. The highest BCUT2D eigenvalue weighted by Gasteiger charge is 2.18. The van der Waals surface area contributed by atoms with Gasteiger partial charge in [0.2, 0.25) is 0 Å². The molecule has 0 aliphatic rings. The number of halogens is 1. The van der Waals surface area contributed by atoms with E-state index in [1.807, 2.05) is 60.7 Å². The summed E-state index contributed by atoms with van der Waals surface area (Å²) in [6.45, 7) is -0.424. The minimum absolute atomic E-state index is 0.157. The molecule has 1 N–H and O–H groups in total. The third-order valence-corrected chi connectivity index (χ3v) is 4.93. The van der Waals surface area contributed by atoms with Crippen molar-refractivity contribution >= 4 is 19.4 Å². The van der Waals surface area contributed by atoms with Gasteiger partial charge in [0.1, 0.15) is 5.83 Å². The third-order valence-electron chi connectivity index (χ3n) is 2.76. The Balaban J connectivity index is 2.17. The van der Waals surface area contributed by atoms with Crippen LogP contribution in [0.2, 0.25) is 0 Å². The number of aliphatic hydroxyl groups is 1. The summed E-state index contributed by atoms with van der Waals surface area (Å²) < 4.78 is 18.8. The van der Waals surface area contributed by atoms with E-state index in [0.717, 1.165) is 10.4 Å². The maximum absolute atomic E-state index is 12.9. The van der Waals surface area contributed by atoms with Gasteiger partial charge in [0.05, 0.1) is 13.2 Å². The lowest BCUT2D eigenvalue weighted by Gasteiger charge is -2.15. The molecule has 0 saturated heterocycles. The van der Waals surface area contributed by atoms with Crippen molar-refractivity contribution in [1.82, 2.24) is 0 Å². The van der Waals surface area contributed by atoms with Gasteiger partial charge >= 0.3 is 0 Å². The molecule has 103 valence electrons. The zero-order valence-corrected chi connectivity index (χ0v) is 12.0. The van der Waals surface area contributed by atoms with Gasteiger partial charge in [-0.05, 0) is 16.4 Å². The van der Waals surface area contributed by atoms with Crippen LogP contribution in [0.25, 0.3) is 0 Å². The maximum Gasteiger partial charge on any atom is 0.283 e. The molecule has 0 aliphatic heterocycles. The average Bonchev–Trinajstić information content (AvgIpc) is 2.53. The zero-order chi connectivity index (χ0) is 14.2. The van der Waals surface area contributed by atoms with Gasteiger partial charge < -0.3 is 9.53 Å². The summed E-state index contributed by atoms with van der Waals surface area (Å²) in [6, 6.07) is 19.9. The largest absolute Gasteiger partial charge is 0.403 e. The van der Waals surface area contributed by atoms with Crippen molar-refractivity contribution < 1.29 is 13.9 Å². The van der Waals surface area contributed by atoms with Crippen LogP contribution in [0.4, 0.5) is 4.39 Å². The first kappa shape index (κ1) is 14.7. The quantitative estimate of drug-likeness (QED) is 0.819. The van der Waals surface area contributed by atoms with Crippen molar-refractivity contribution in [2.24, 2.45) is 0 Å². The summed E-state index contributed by atoms with van der Waals surface area (Å²) in [7, 11) is -1.40. The number of rotatable bonds is 6. The maximum atomic E-state index is 12.9. The lowest BCUT2D eigenvalue weighted by atomic mass is 10.4. The molecule has 2 rings (SSSR count). The second-order valence-electron chi connectivity index (χ2n) is 4.18. The Morgan fingerprint density at radius 3 is 1.95 bits per heavy atom. The minimum Gasteiger partial charge on any atom is -0.403 e. The molecule has 0 saturated carbocycles. The van der Waals surface area contributed by atoms with Crippen LogP contribution in [0, 0.1) is 0 Å². The molecule has 1 radical (unpaired) electrons.